The van der Waals surface area contributed by atoms with Gasteiger partial charge in [-0.2, -0.15) is 13.2 Å². The summed E-state index contributed by atoms with van der Waals surface area (Å²) in [6.07, 6.45) is -3.79. The zero-order valence-electron chi connectivity index (χ0n) is 19.4. The van der Waals surface area contributed by atoms with Crippen LogP contribution < -0.4 is 9.64 Å². The van der Waals surface area contributed by atoms with Gasteiger partial charge in [0, 0.05) is 29.3 Å². The number of alkyl halides is 3. The normalized spacial score (nSPS) is 14.0. The number of sulfone groups is 1. The number of carbonyl (C=O) groups excluding carboxylic acids is 1. The fourth-order valence-electron chi connectivity index (χ4n) is 3.91. The van der Waals surface area contributed by atoms with Crippen LogP contribution in [-0.4, -0.2) is 48.1 Å². The molecular formula is C23H21Cl2F3N4O4S. The SMILES string of the molecule is CS(=O)(=O)c1cc(Cl)cc2c1OCC(=O)N2Cc1nnc(CCc2ccc(Cl)cc2)n1CCC(F)(F)F. The molecule has 37 heavy (non-hydrogen) atoms. The Morgan fingerprint density at radius 1 is 1.03 bits per heavy atom. The van der Waals surface area contributed by atoms with E-state index in [9.17, 15) is 26.4 Å². The van der Waals surface area contributed by atoms with Gasteiger partial charge in [-0.3, -0.25) is 9.69 Å². The second kappa shape index (κ2) is 10.5. The van der Waals surface area contributed by atoms with E-state index >= 15 is 0 Å². The van der Waals surface area contributed by atoms with E-state index in [0.29, 0.717) is 23.7 Å². The van der Waals surface area contributed by atoms with Crippen molar-refractivity contribution >= 4 is 44.6 Å². The number of benzene rings is 2. The van der Waals surface area contributed by atoms with Gasteiger partial charge in [-0.25, -0.2) is 8.42 Å². The van der Waals surface area contributed by atoms with Crippen LogP contribution in [0.15, 0.2) is 41.3 Å². The number of rotatable bonds is 8. The van der Waals surface area contributed by atoms with Crippen LogP contribution in [0.2, 0.25) is 10.0 Å². The Hall–Kier alpha value is -2.83. The van der Waals surface area contributed by atoms with E-state index in [4.69, 9.17) is 27.9 Å². The summed E-state index contributed by atoms with van der Waals surface area (Å²) in [5.74, 6) is -0.173. The summed E-state index contributed by atoms with van der Waals surface area (Å²) in [4.78, 5) is 13.8. The number of hydrogen-bond donors (Lipinski definition) is 0. The Kier molecular flexibility index (Phi) is 7.72. The van der Waals surface area contributed by atoms with Crippen molar-refractivity contribution in [3.63, 3.8) is 0 Å². The maximum absolute atomic E-state index is 13.1. The lowest BCUT2D eigenvalue weighted by atomic mass is 10.1. The number of fused-ring (bicyclic) bond motifs is 1. The van der Waals surface area contributed by atoms with Crippen molar-refractivity contribution in [3.05, 3.63) is 63.7 Å². The molecule has 1 aromatic heterocycles. The predicted octanol–water partition coefficient (Wildman–Crippen LogP) is 4.65. The molecule has 0 atom stereocenters. The largest absolute Gasteiger partial charge is 0.480 e. The maximum Gasteiger partial charge on any atom is 0.390 e. The minimum absolute atomic E-state index is 0.0460. The van der Waals surface area contributed by atoms with Crippen molar-refractivity contribution in [3.8, 4) is 5.75 Å². The standard InChI is InChI=1S/C23H21Cl2F3N4O4S/c1-37(34,35)18-11-16(25)10-17-22(18)36-13-21(33)32(17)12-20-30-29-19(31(20)9-8-23(26,27)28)7-4-14-2-5-15(24)6-3-14/h2-3,5-6,10-11H,4,7-9,12-13H2,1H3. The predicted molar refractivity (Wildman–Crippen MR) is 131 cm³/mol. The summed E-state index contributed by atoms with van der Waals surface area (Å²) in [7, 11) is -3.76. The number of carbonyl (C=O) groups is 1. The van der Waals surface area contributed by atoms with Crippen LogP contribution in [-0.2, 0) is 40.6 Å². The van der Waals surface area contributed by atoms with E-state index in [-0.39, 0.29) is 33.7 Å². The topological polar surface area (TPSA) is 94.4 Å². The van der Waals surface area contributed by atoms with Gasteiger partial charge in [-0.1, -0.05) is 35.3 Å². The minimum Gasteiger partial charge on any atom is -0.480 e. The highest BCUT2D eigenvalue weighted by atomic mass is 35.5. The molecule has 0 bridgehead atoms. The molecule has 14 heteroatoms. The van der Waals surface area contributed by atoms with Crippen molar-refractivity contribution in [2.24, 2.45) is 0 Å². The van der Waals surface area contributed by atoms with Crippen LogP contribution >= 0.6 is 23.2 Å². The molecule has 0 fully saturated rings. The van der Waals surface area contributed by atoms with Gasteiger partial charge in [0.2, 0.25) is 0 Å². The van der Waals surface area contributed by atoms with Gasteiger partial charge in [0.25, 0.3) is 5.91 Å². The van der Waals surface area contributed by atoms with Crippen LogP contribution in [0, 0.1) is 0 Å². The molecule has 1 amide bonds. The first kappa shape index (κ1) is 27.2. The highest BCUT2D eigenvalue weighted by molar-refractivity contribution is 7.90. The molecule has 0 aliphatic carbocycles. The third-order valence-corrected chi connectivity index (χ3v) is 7.28. The molecule has 2 aromatic carbocycles. The monoisotopic (exact) mass is 576 g/mol. The zero-order chi connectivity index (χ0) is 27.0. The fraction of sp³-hybridized carbons (Fsp3) is 0.348. The summed E-state index contributed by atoms with van der Waals surface area (Å²) in [6.45, 7) is -1.17. The molecule has 1 aliphatic heterocycles. The molecule has 0 unspecified atom stereocenters. The van der Waals surface area contributed by atoms with Crippen LogP contribution in [0.25, 0.3) is 0 Å². The Bertz CT molecular complexity index is 1430. The molecule has 0 saturated carbocycles. The smallest absolute Gasteiger partial charge is 0.390 e. The van der Waals surface area contributed by atoms with Crippen LogP contribution in [0.4, 0.5) is 18.9 Å². The van der Waals surface area contributed by atoms with E-state index in [2.05, 4.69) is 10.2 Å². The van der Waals surface area contributed by atoms with E-state index in [0.717, 1.165) is 11.8 Å². The van der Waals surface area contributed by atoms with Crippen LogP contribution in [0.1, 0.15) is 23.6 Å². The number of aryl methyl sites for hydroxylation is 2. The van der Waals surface area contributed by atoms with Gasteiger partial charge >= 0.3 is 6.18 Å². The summed E-state index contributed by atoms with van der Waals surface area (Å²) in [5, 5.41) is 8.79. The molecule has 0 spiro atoms. The molecule has 0 radical (unpaired) electrons. The van der Waals surface area contributed by atoms with Gasteiger partial charge in [0.15, 0.2) is 28.0 Å². The number of hydrogen-bond acceptors (Lipinski definition) is 6. The zero-order valence-corrected chi connectivity index (χ0v) is 21.8. The first-order valence-electron chi connectivity index (χ1n) is 11.0. The number of anilines is 1. The Morgan fingerprint density at radius 2 is 1.70 bits per heavy atom. The highest BCUT2D eigenvalue weighted by Crippen LogP contribution is 2.41. The summed E-state index contributed by atoms with van der Waals surface area (Å²) < 4.78 is 70.6. The second-order valence-corrected chi connectivity index (χ2v) is 11.3. The number of amides is 1. The molecule has 198 valence electrons. The number of ether oxygens (including phenoxy) is 1. The quantitative estimate of drug-likeness (QED) is 0.387. The minimum atomic E-state index is -4.42. The molecule has 8 nitrogen and oxygen atoms in total. The molecule has 4 rings (SSSR count). The van der Waals surface area contributed by atoms with Crippen molar-refractivity contribution in [1.29, 1.82) is 0 Å². The van der Waals surface area contributed by atoms with Crippen LogP contribution in [0.3, 0.4) is 0 Å². The molecule has 0 saturated heterocycles. The average Bonchev–Trinajstić information content (AvgIpc) is 3.19. The molecule has 0 N–H and O–H groups in total. The summed E-state index contributed by atoms with van der Waals surface area (Å²) in [6, 6.07) is 9.63. The van der Waals surface area contributed by atoms with Crippen molar-refractivity contribution in [2.75, 3.05) is 17.8 Å². The Balaban J connectivity index is 1.67. The van der Waals surface area contributed by atoms with Crippen molar-refractivity contribution in [1.82, 2.24) is 14.8 Å². The molecule has 1 aliphatic rings. The third kappa shape index (κ3) is 6.55. The van der Waals surface area contributed by atoms with Crippen molar-refractivity contribution in [2.45, 2.75) is 43.4 Å². The number of halogens is 5. The first-order valence-corrected chi connectivity index (χ1v) is 13.7. The van der Waals surface area contributed by atoms with Gasteiger partial charge < -0.3 is 9.30 Å². The van der Waals surface area contributed by atoms with E-state index in [1.54, 1.807) is 12.1 Å². The van der Waals surface area contributed by atoms with E-state index in [1.807, 2.05) is 12.1 Å². The Morgan fingerprint density at radius 3 is 2.35 bits per heavy atom. The highest BCUT2D eigenvalue weighted by Gasteiger charge is 2.33. The molecular weight excluding hydrogens is 556 g/mol. The lowest BCUT2D eigenvalue weighted by molar-refractivity contribution is -0.137. The first-order chi connectivity index (χ1) is 17.3. The number of aromatic nitrogens is 3. The summed E-state index contributed by atoms with van der Waals surface area (Å²) in [5.41, 5.74) is 0.994. The van der Waals surface area contributed by atoms with Gasteiger partial charge in [0.05, 0.1) is 18.7 Å². The summed E-state index contributed by atoms with van der Waals surface area (Å²) >= 11 is 12.0. The Labute approximate surface area is 220 Å². The van der Waals surface area contributed by atoms with Crippen molar-refractivity contribution < 1.29 is 31.1 Å². The van der Waals surface area contributed by atoms with E-state index < -0.39 is 41.5 Å². The molecule has 2 heterocycles. The lowest BCUT2D eigenvalue weighted by Gasteiger charge is -2.30. The lowest BCUT2D eigenvalue weighted by Crippen LogP contribution is -2.39. The average molecular weight is 577 g/mol. The van der Waals surface area contributed by atoms with Crippen LogP contribution in [0.5, 0.6) is 5.75 Å². The second-order valence-electron chi connectivity index (χ2n) is 8.47. The van der Waals surface area contributed by atoms with E-state index in [1.165, 1.54) is 21.6 Å². The van der Waals surface area contributed by atoms with Gasteiger partial charge in [-0.15, -0.1) is 10.2 Å². The van der Waals surface area contributed by atoms with Gasteiger partial charge in [0.1, 0.15) is 10.7 Å². The number of nitrogens with zero attached hydrogens (tertiary/aromatic N) is 4. The fourth-order valence-corrected chi connectivity index (χ4v) is 5.16. The maximum atomic E-state index is 13.1. The third-order valence-electron chi connectivity index (χ3n) is 5.70. The molecule has 3 aromatic rings. The van der Waals surface area contributed by atoms with Gasteiger partial charge in [-0.05, 0) is 36.2 Å².